The molecule has 14 heavy (non-hydrogen) atoms. The predicted molar refractivity (Wildman–Crippen MR) is 58.0 cm³/mol. The summed E-state index contributed by atoms with van der Waals surface area (Å²) < 4.78 is 0.788. The van der Waals surface area contributed by atoms with Crippen LogP contribution in [0.1, 0.15) is 19.4 Å². The molecule has 76 valence electrons. The van der Waals surface area contributed by atoms with Crippen LogP contribution < -0.4 is 5.73 Å². The van der Waals surface area contributed by atoms with Crippen molar-refractivity contribution < 1.29 is 4.92 Å². The van der Waals surface area contributed by atoms with Gasteiger partial charge in [0.2, 0.25) is 0 Å². The zero-order valence-electron chi connectivity index (χ0n) is 7.95. The van der Waals surface area contributed by atoms with E-state index in [9.17, 15) is 10.1 Å². The summed E-state index contributed by atoms with van der Waals surface area (Å²) in [6.07, 6.45) is 0. The Morgan fingerprint density at radius 3 is 2.50 bits per heavy atom. The molecular weight excluding hydrogens is 248 g/mol. The van der Waals surface area contributed by atoms with Crippen LogP contribution in [0.25, 0.3) is 0 Å². The first-order chi connectivity index (χ1) is 6.32. The van der Waals surface area contributed by atoms with Crippen molar-refractivity contribution in [2.75, 3.05) is 0 Å². The van der Waals surface area contributed by atoms with Gasteiger partial charge < -0.3 is 5.73 Å². The molecular formula is C9H11BrN2O2. The number of benzene rings is 1. The van der Waals surface area contributed by atoms with Crippen LogP contribution in [0.15, 0.2) is 22.7 Å². The summed E-state index contributed by atoms with van der Waals surface area (Å²) in [5.41, 5.74) is 6.07. The van der Waals surface area contributed by atoms with Crippen LogP contribution in [0.3, 0.4) is 0 Å². The summed E-state index contributed by atoms with van der Waals surface area (Å²) in [7, 11) is 0. The lowest BCUT2D eigenvalue weighted by atomic mass is 9.95. The molecule has 0 saturated carbocycles. The van der Waals surface area contributed by atoms with E-state index in [0.717, 1.165) is 10.0 Å². The highest BCUT2D eigenvalue weighted by Crippen LogP contribution is 2.29. The maximum Gasteiger partial charge on any atom is 0.269 e. The van der Waals surface area contributed by atoms with Crippen LogP contribution >= 0.6 is 15.9 Å². The van der Waals surface area contributed by atoms with Crippen molar-refractivity contribution in [2.45, 2.75) is 19.4 Å². The minimum atomic E-state index is -0.592. The SMILES string of the molecule is CC(C)(N)c1cc([N+](=O)[O-])ccc1Br. The third-order valence-corrected chi connectivity index (χ3v) is 2.55. The number of nitro groups is 1. The molecule has 1 rings (SSSR count). The molecule has 5 heteroatoms. The second-order valence-corrected chi connectivity index (χ2v) is 4.50. The topological polar surface area (TPSA) is 69.2 Å². The Hall–Kier alpha value is -0.940. The number of nitro benzene ring substituents is 1. The van der Waals surface area contributed by atoms with E-state index in [1.807, 2.05) is 0 Å². The van der Waals surface area contributed by atoms with E-state index < -0.39 is 10.5 Å². The molecule has 4 nitrogen and oxygen atoms in total. The number of nitrogens with two attached hydrogens (primary N) is 1. The van der Waals surface area contributed by atoms with Gasteiger partial charge in [0.15, 0.2) is 0 Å². The Labute approximate surface area is 90.4 Å². The minimum Gasteiger partial charge on any atom is -0.322 e. The van der Waals surface area contributed by atoms with Gasteiger partial charge in [0.25, 0.3) is 5.69 Å². The van der Waals surface area contributed by atoms with E-state index in [-0.39, 0.29) is 5.69 Å². The summed E-state index contributed by atoms with van der Waals surface area (Å²) in [5, 5.41) is 10.5. The third-order valence-electron chi connectivity index (χ3n) is 1.85. The average molecular weight is 259 g/mol. The predicted octanol–water partition coefficient (Wildman–Crippen LogP) is 2.55. The second-order valence-electron chi connectivity index (χ2n) is 3.64. The minimum absolute atomic E-state index is 0.0572. The molecule has 0 aromatic heterocycles. The van der Waals surface area contributed by atoms with E-state index in [4.69, 9.17) is 5.73 Å². The molecule has 1 aromatic carbocycles. The molecule has 0 bridgehead atoms. The smallest absolute Gasteiger partial charge is 0.269 e. The standard InChI is InChI=1S/C9H11BrN2O2/c1-9(2,11)7-5-6(12(13)14)3-4-8(7)10/h3-5H,11H2,1-2H3. The molecule has 0 heterocycles. The fraction of sp³-hybridized carbons (Fsp3) is 0.333. The second kappa shape index (κ2) is 3.67. The van der Waals surface area contributed by atoms with Crippen molar-refractivity contribution in [3.05, 3.63) is 38.3 Å². The molecule has 0 saturated heterocycles. The Morgan fingerprint density at radius 2 is 2.07 bits per heavy atom. The van der Waals surface area contributed by atoms with Gasteiger partial charge in [-0.2, -0.15) is 0 Å². The summed E-state index contributed by atoms with van der Waals surface area (Å²) in [6.45, 7) is 3.60. The van der Waals surface area contributed by atoms with Crippen LogP contribution in [0.4, 0.5) is 5.69 Å². The molecule has 0 atom stereocenters. The monoisotopic (exact) mass is 258 g/mol. The first kappa shape index (κ1) is 11.1. The third kappa shape index (κ3) is 2.30. The van der Waals surface area contributed by atoms with E-state index in [1.54, 1.807) is 19.9 Å². The van der Waals surface area contributed by atoms with Crippen molar-refractivity contribution in [3.63, 3.8) is 0 Å². The van der Waals surface area contributed by atoms with Gasteiger partial charge in [-0.15, -0.1) is 0 Å². The Kier molecular flexibility index (Phi) is 2.92. The molecule has 0 aliphatic rings. The maximum absolute atomic E-state index is 10.5. The lowest BCUT2D eigenvalue weighted by molar-refractivity contribution is -0.385. The Morgan fingerprint density at radius 1 is 1.50 bits per heavy atom. The molecule has 1 aromatic rings. The fourth-order valence-electron chi connectivity index (χ4n) is 1.12. The summed E-state index contributed by atoms with van der Waals surface area (Å²) in [4.78, 5) is 10.1. The van der Waals surface area contributed by atoms with Crippen LogP contribution in [0.5, 0.6) is 0 Å². The number of hydrogen-bond donors (Lipinski definition) is 1. The van der Waals surface area contributed by atoms with Gasteiger partial charge >= 0.3 is 0 Å². The molecule has 0 unspecified atom stereocenters. The van der Waals surface area contributed by atoms with E-state index in [1.165, 1.54) is 12.1 Å². The normalized spacial score (nSPS) is 11.4. The molecule has 0 aliphatic heterocycles. The number of rotatable bonds is 2. The molecule has 0 amide bonds. The van der Waals surface area contributed by atoms with Crippen molar-refractivity contribution in [3.8, 4) is 0 Å². The lowest BCUT2D eigenvalue weighted by Crippen LogP contribution is -2.29. The van der Waals surface area contributed by atoms with Gasteiger partial charge in [0.05, 0.1) is 4.92 Å². The quantitative estimate of drug-likeness (QED) is 0.655. The van der Waals surface area contributed by atoms with Crippen molar-refractivity contribution >= 4 is 21.6 Å². The van der Waals surface area contributed by atoms with E-state index in [0.29, 0.717) is 0 Å². The van der Waals surface area contributed by atoms with Gasteiger partial charge in [-0.1, -0.05) is 15.9 Å². The zero-order valence-corrected chi connectivity index (χ0v) is 9.54. The number of non-ortho nitro benzene ring substituents is 1. The van der Waals surface area contributed by atoms with Gasteiger partial charge in [-0.3, -0.25) is 10.1 Å². The molecule has 2 N–H and O–H groups in total. The molecule has 0 radical (unpaired) electrons. The molecule has 0 aliphatic carbocycles. The highest BCUT2D eigenvalue weighted by Gasteiger charge is 2.20. The van der Waals surface area contributed by atoms with Crippen LogP contribution in [-0.4, -0.2) is 4.92 Å². The number of halogens is 1. The van der Waals surface area contributed by atoms with Crippen LogP contribution in [0, 0.1) is 10.1 Å². The summed E-state index contributed by atoms with van der Waals surface area (Å²) >= 11 is 3.31. The summed E-state index contributed by atoms with van der Waals surface area (Å²) in [6, 6.07) is 4.57. The number of hydrogen-bond acceptors (Lipinski definition) is 3. The van der Waals surface area contributed by atoms with Crippen molar-refractivity contribution in [1.82, 2.24) is 0 Å². The van der Waals surface area contributed by atoms with Gasteiger partial charge in [-0.25, -0.2) is 0 Å². The first-order valence-electron chi connectivity index (χ1n) is 4.05. The molecule has 0 fully saturated rings. The van der Waals surface area contributed by atoms with Gasteiger partial charge in [-0.05, 0) is 25.5 Å². The van der Waals surface area contributed by atoms with Crippen molar-refractivity contribution in [2.24, 2.45) is 5.73 Å². The van der Waals surface area contributed by atoms with E-state index >= 15 is 0 Å². The van der Waals surface area contributed by atoms with Crippen LogP contribution in [-0.2, 0) is 5.54 Å². The van der Waals surface area contributed by atoms with E-state index in [2.05, 4.69) is 15.9 Å². The van der Waals surface area contributed by atoms with Crippen LogP contribution in [0.2, 0.25) is 0 Å². The highest BCUT2D eigenvalue weighted by molar-refractivity contribution is 9.10. The first-order valence-corrected chi connectivity index (χ1v) is 4.85. The molecule has 0 spiro atoms. The highest BCUT2D eigenvalue weighted by atomic mass is 79.9. The fourth-order valence-corrected chi connectivity index (χ4v) is 1.88. The lowest BCUT2D eigenvalue weighted by Gasteiger charge is -2.20. The average Bonchev–Trinajstić information content (AvgIpc) is 2.02. The van der Waals surface area contributed by atoms with Crippen molar-refractivity contribution in [1.29, 1.82) is 0 Å². The Bertz CT molecular complexity index is 372. The Balaban J connectivity index is 3.29. The van der Waals surface area contributed by atoms with Gasteiger partial charge in [0, 0.05) is 22.1 Å². The maximum atomic E-state index is 10.5. The largest absolute Gasteiger partial charge is 0.322 e. The zero-order chi connectivity index (χ0) is 10.9. The summed E-state index contributed by atoms with van der Waals surface area (Å²) in [5.74, 6) is 0. The van der Waals surface area contributed by atoms with Gasteiger partial charge in [0.1, 0.15) is 0 Å². The number of nitrogens with zero attached hydrogens (tertiary/aromatic N) is 1.